The lowest BCUT2D eigenvalue weighted by atomic mass is 10.3. The Morgan fingerprint density at radius 1 is 1.50 bits per heavy atom. The van der Waals surface area contributed by atoms with E-state index in [1.165, 1.54) is 12.5 Å². The van der Waals surface area contributed by atoms with Crippen LogP contribution in [0.1, 0.15) is 11.5 Å². The maximum Gasteiger partial charge on any atom is 0.290 e. The summed E-state index contributed by atoms with van der Waals surface area (Å²) in [5.41, 5.74) is 0.392. The van der Waals surface area contributed by atoms with Crippen molar-refractivity contribution in [3.63, 3.8) is 0 Å². The molecule has 0 unspecified atom stereocenters. The molecule has 0 aromatic carbocycles. The van der Waals surface area contributed by atoms with Gasteiger partial charge in [-0.3, -0.25) is 10.1 Å². The Kier molecular flexibility index (Phi) is 3.46. The highest BCUT2D eigenvalue weighted by Gasteiger charge is 2.11. The third-order valence-corrected chi connectivity index (χ3v) is 2.32. The Labute approximate surface area is 102 Å². The fraction of sp³-hybridized carbons (Fsp3) is 0.300. The van der Waals surface area contributed by atoms with Gasteiger partial charge >= 0.3 is 0 Å². The number of nitrogens with zero attached hydrogens (tertiary/aromatic N) is 4. The maximum atomic E-state index is 10.6. The summed E-state index contributed by atoms with van der Waals surface area (Å²) in [4.78, 5) is 18.1. The molecule has 1 N–H and O–H groups in total. The highest BCUT2D eigenvalue weighted by atomic mass is 16.6. The summed E-state index contributed by atoms with van der Waals surface area (Å²) in [6.07, 6.45) is 1.86. The second kappa shape index (κ2) is 5.21. The van der Waals surface area contributed by atoms with Crippen LogP contribution in [0.15, 0.2) is 23.0 Å². The van der Waals surface area contributed by atoms with Gasteiger partial charge < -0.3 is 9.84 Å². The Bertz CT molecular complexity index is 540. The van der Waals surface area contributed by atoms with Gasteiger partial charge in [0.25, 0.3) is 5.69 Å². The van der Waals surface area contributed by atoms with Crippen LogP contribution in [0.3, 0.4) is 0 Å². The standard InChI is InChI=1S/C10H11N5O3/c1-7-8(15(16)17)2-3-9(13-7)11-5-4-10-12-6-18-14-10/h2-3,6H,4-5H2,1H3,(H,11,13). The zero-order valence-electron chi connectivity index (χ0n) is 9.66. The van der Waals surface area contributed by atoms with Gasteiger partial charge in [0.1, 0.15) is 11.5 Å². The highest BCUT2D eigenvalue weighted by Crippen LogP contribution is 2.17. The van der Waals surface area contributed by atoms with Gasteiger partial charge in [-0.25, -0.2) is 4.98 Å². The molecule has 0 radical (unpaired) electrons. The van der Waals surface area contributed by atoms with Crippen LogP contribution in [0.25, 0.3) is 0 Å². The summed E-state index contributed by atoms with van der Waals surface area (Å²) in [5.74, 6) is 1.18. The van der Waals surface area contributed by atoms with Gasteiger partial charge in [-0.15, -0.1) is 0 Å². The van der Waals surface area contributed by atoms with Crippen molar-refractivity contribution in [3.8, 4) is 0 Å². The molecule has 8 heteroatoms. The largest absolute Gasteiger partial charge is 0.370 e. The first-order chi connectivity index (χ1) is 8.66. The highest BCUT2D eigenvalue weighted by molar-refractivity contribution is 5.44. The number of hydrogen-bond acceptors (Lipinski definition) is 7. The molecule has 18 heavy (non-hydrogen) atoms. The van der Waals surface area contributed by atoms with E-state index in [1.807, 2.05) is 0 Å². The van der Waals surface area contributed by atoms with Crippen molar-refractivity contribution in [1.82, 2.24) is 15.1 Å². The molecule has 0 saturated heterocycles. The number of anilines is 1. The summed E-state index contributed by atoms with van der Waals surface area (Å²) < 4.78 is 4.60. The minimum atomic E-state index is -0.453. The fourth-order valence-electron chi connectivity index (χ4n) is 1.45. The topological polar surface area (TPSA) is 107 Å². The van der Waals surface area contributed by atoms with E-state index >= 15 is 0 Å². The summed E-state index contributed by atoms with van der Waals surface area (Å²) in [7, 11) is 0. The number of nitro groups is 1. The average Bonchev–Trinajstić information content (AvgIpc) is 2.81. The first-order valence-corrected chi connectivity index (χ1v) is 5.28. The average molecular weight is 249 g/mol. The van der Waals surface area contributed by atoms with Crippen LogP contribution >= 0.6 is 0 Å². The molecule has 0 bridgehead atoms. The molecule has 0 atom stereocenters. The number of hydrogen-bond donors (Lipinski definition) is 1. The van der Waals surface area contributed by atoms with E-state index in [9.17, 15) is 10.1 Å². The summed E-state index contributed by atoms with van der Waals surface area (Å²) in [5, 5.41) is 17.3. The van der Waals surface area contributed by atoms with Crippen LogP contribution in [-0.4, -0.2) is 26.6 Å². The SMILES string of the molecule is Cc1nc(NCCc2ncon2)ccc1[N+](=O)[O-]. The van der Waals surface area contributed by atoms with E-state index in [-0.39, 0.29) is 5.69 Å². The molecule has 2 aromatic rings. The molecule has 94 valence electrons. The molecule has 2 heterocycles. The molecule has 2 rings (SSSR count). The lowest BCUT2D eigenvalue weighted by Crippen LogP contribution is -2.08. The van der Waals surface area contributed by atoms with Crippen molar-refractivity contribution < 1.29 is 9.45 Å². The number of pyridine rings is 1. The third-order valence-electron chi connectivity index (χ3n) is 2.32. The van der Waals surface area contributed by atoms with Crippen molar-refractivity contribution in [2.24, 2.45) is 0 Å². The molecule has 0 fully saturated rings. The fourth-order valence-corrected chi connectivity index (χ4v) is 1.45. The van der Waals surface area contributed by atoms with E-state index in [4.69, 9.17) is 0 Å². The van der Waals surface area contributed by atoms with E-state index in [0.29, 0.717) is 30.3 Å². The maximum absolute atomic E-state index is 10.6. The van der Waals surface area contributed by atoms with Gasteiger partial charge in [0.2, 0.25) is 6.39 Å². The van der Waals surface area contributed by atoms with Crippen LogP contribution in [0.4, 0.5) is 11.5 Å². The van der Waals surface area contributed by atoms with Gasteiger partial charge in [-0.1, -0.05) is 5.16 Å². The van der Waals surface area contributed by atoms with E-state index < -0.39 is 4.92 Å². The van der Waals surface area contributed by atoms with Gasteiger partial charge in [-0.05, 0) is 13.0 Å². The first kappa shape index (κ1) is 12.0. The molecule has 0 amide bonds. The minimum absolute atomic E-state index is 0.0127. The molecule has 0 aliphatic carbocycles. The predicted octanol–water partition coefficient (Wildman–Crippen LogP) is 1.34. The quantitative estimate of drug-likeness (QED) is 0.629. The van der Waals surface area contributed by atoms with E-state index in [2.05, 4.69) is 25.0 Å². The van der Waals surface area contributed by atoms with Gasteiger partial charge in [-0.2, -0.15) is 4.98 Å². The third kappa shape index (κ3) is 2.78. The first-order valence-electron chi connectivity index (χ1n) is 5.28. The number of aryl methyl sites for hydroxylation is 1. The Morgan fingerprint density at radius 2 is 2.33 bits per heavy atom. The van der Waals surface area contributed by atoms with Gasteiger partial charge in [0.15, 0.2) is 5.82 Å². The van der Waals surface area contributed by atoms with Crippen LogP contribution in [0.2, 0.25) is 0 Å². The minimum Gasteiger partial charge on any atom is -0.370 e. The molecule has 8 nitrogen and oxygen atoms in total. The zero-order valence-corrected chi connectivity index (χ0v) is 9.66. The van der Waals surface area contributed by atoms with Crippen LogP contribution < -0.4 is 5.32 Å². The van der Waals surface area contributed by atoms with Crippen molar-refractivity contribution in [1.29, 1.82) is 0 Å². The molecule has 2 aromatic heterocycles. The predicted molar refractivity (Wildman–Crippen MR) is 62.1 cm³/mol. The second-order valence-electron chi connectivity index (χ2n) is 3.58. The van der Waals surface area contributed by atoms with Crippen molar-refractivity contribution in [2.45, 2.75) is 13.3 Å². The molecule has 0 saturated carbocycles. The molecule has 0 aliphatic heterocycles. The second-order valence-corrected chi connectivity index (χ2v) is 3.58. The van der Waals surface area contributed by atoms with Crippen LogP contribution in [-0.2, 0) is 6.42 Å². The molecule has 0 aliphatic rings. The van der Waals surface area contributed by atoms with E-state index in [1.54, 1.807) is 13.0 Å². The summed E-state index contributed by atoms with van der Waals surface area (Å²) >= 11 is 0. The smallest absolute Gasteiger partial charge is 0.290 e. The zero-order chi connectivity index (χ0) is 13.0. The molecular formula is C10H11N5O3. The van der Waals surface area contributed by atoms with Crippen molar-refractivity contribution in [2.75, 3.05) is 11.9 Å². The Morgan fingerprint density at radius 3 is 2.94 bits per heavy atom. The molecule has 0 spiro atoms. The number of nitrogens with one attached hydrogen (secondary N) is 1. The molecular weight excluding hydrogens is 238 g/mol. The van der Waals surface area contributed by atoms with Crippen LogP contribution in [0, 0.1) is 17.0 Å². The summed E-state index contributed by atoms with van der Waals surface area (Å²) in [6, 6.07) is 3.00. The van der Waals surface area contributed by atoms with E-state index in [0.717, 1.165) is 0 Å². The lowest BCUT2D eigenvalue weighted by molar-refractivity contribution is -0.385. The summed E-state index contributed by atoms with van der Waals surface area (Å²) in [6.45, 7) is 2.17. The normalized spacial score (nSPS) is 10.3. The van der Waals surface area contributed by atoms with Crippen molar-refractivity contribution in [3.05, 3.63) is 40.2 Å². The Balaban J connectivity index is 1.94. The van der Waals surface area contributed by atoms with Crippen LogP contribution in [0.5, 0.6) is 0 Å². The number of aromatic nitrogens is 3. The lowest BCUT2D eigenvalue weighted by Gasteiger charge is -2.04. The van der Waals surface area contributed by atoms with Gasteiger partial charge in [0.05, 0.1) is 4.92 Å². The number of rotatable bonds is 5. The Hall–Kier alpha value is -2.51. The van der Waals surface area contributed by atoms with Gasteiger partial charge in [0, 0.05) is 19.0 Å². The monoisotopic (exact) mass is 249 g/mol. The van der Waals surface area contributed by atoms with Crippen molar-refractivity contribution >= 4 is 11.5 Å².